The van der Waals surface area contributed by atoms with Gasteiger partial charge in [0.2, 0.25) is 0 Å². The second kappa shape index (κ2) is 24.7. The van der Waals surface area contributed by atoms with Gasteiger partial charge in [0.15, 0.2) is 0 Å². The Bertz CT molecular complexity index is 218. The standard InChI is InChI=1S/C19H40O7/c1-2-3-4-5-6-8-21-10-12-23-14-16-25-18-19-26-17-15-24-13-11-22-9-7-20/h20H,2-19H2,1H3. The van der Waals surface area contributed by atoms with Crippen LogP contribution < -0.4 is 0 Å². The van der Waals surface area contributed by atoms with Gasteiger partial charge in [-0.1, -0.05) is 32.6 Å². The first-order valence-corrected chi connectivity index (χ1v) is 9.99. The van der Waals surface area contributed by atoms with E-state index in [4.69, 9.17) is 33.5 Å². The molecule has 0 bridgehead atoms. The van der Waals surface area contributed by atoms with Crippen LogP contribution in [0.5, 0.6) is 0 Å². The highest BCUT2D eigenvalue weighted by Gasteiger charge is 1.94. The molecule has 0 aliphatic heterocycles. The lowest BCUT2D eigenvalue weighted by molar-refractivity contribution is -0.0182. The monoisotopic (exact) mass is 380 g/mol. The fourth-order valence-electron chi connectivity index (χ4n) is 2.07. The van der Waals surface area contributed by atoms with E-state index in [-0.39, 0.29) is 6.61 Å². The van der Waals surface area contributed by atoms with E-state index in [0.717, 1.165) is 13.0 Å². The highest BCUT2D eigenvalue weighted by Crippen LogP contribution is 2.02. The summed E-state index contributed by atoms with van der Waals surface area (Å²) in [5, 5.41) is 8.52. The maximum Gasteiger partial charge on any atom is 0.0701 e. The highest BCUT2D eigenvalue weighted by atomic mass is 16.6. The molecular weight excluding hydrogens is 340 g/mol. The average molecular weight is 381 g/mol. The molecule has 0 aliphatic carbocycles. The van der Waals surface area contributed by atoms with Gasteiger partial charge in [0.25, 0.3) is 0 Å². The maximum absolute atomic E-state index is 8.52. The fraction of sp³-hybridized carbons (Fsp3) is 1.00. The summed E-state index contributed by atoms with van der Waals surface area (Å²) in [5.74, 6) is 0. The molecule has 0 aliphatic rings. The summed E-state index contributed by atoms with van der Waals surface area (Å²) in [4.78, 5) is 0. The predicted molar refractivity (Wildman–Crippen MR) is 101 cm³/mol. The van der Waals surface area contributed by atoms with E-state index in [2.05, 4.69) is 6.92 Å². The van der Waals surface area contributed by atoms with Gasteiger partial charge in [-0.25, -0.2) is 0 Å². The Labute approximate surface area is 159 Å². The minimum absolute atomic E-state index is 0.0428. The molecule has 0 unspecified atom stereocenters. The van der Waals surface area contributed by atoms with E-state index in [1.165, 1.54) is 25.7 Å². The van der Waals surface area contributed by atoms with Crippen molar-refractivity contribution in [2.24, 2.45) is 0 Å². The molecule has 158 valence electrons. The number of aliphatic hydroxyl groups excluding tert-OH is 1. The van der Waals surface area contributed by atoms with Crippen LogP contribution in [0.3, 0.4) is 0 Å². The molecule has 0 aromatic heterocycles. The van der Waals surface area contributed by atoms with E-state index in [1.54, 1.807) is 0 Å². The third kappa shape index (κ3) is 23.7. The van der Waals surface area contributed by atoms with Gasteiger partial charge < -0.3 is 33.5 Å². The van der Waals surface area contributed by atoms with Crippen molar-refractivity contribution in [3.8, 4) is 0 Å². The Kier molecular flexibility index (Phi) is 24.5. The molecule has 0 aromatic carbocycles. The van der Waals surface area contributed by atoms with E-state index in [0.29, 0.717) is 72.7 Å². The number of rotatable bonds is 23. The molecule has 0 fully saturated rings. The molecule has 0 saturated carbocycles. The van der Waals surface area contributed by atoms with Crippen LogP contribution in [-0.2, 0) is 28.4 Å². The SMILES string of the molecule is CCCCCCCOCCOCCOCCOCCOCCOCCO. The molecule has 0 aromatic rings. The van der Waals surface area contributed by atoms with Gasteiger partial charge in [-0.3, -0.25) is 0 Å². The molecule has 0 amide bonds. The van der Waals surface area contributed by atoms with Gasteiger partial charge in [-0.2, -0.15) is 0 Å². The van der Waals surface area contributed by atoms with Crippen LogP contribution in [0.2, 0.25) is 0 Å². The van der Waals surface area contributed by atoms with Gasteiger partial charge in [0.1, 0.15) is 0 Å². The quantitative estimate of drug-likeness (QED) is 0.272. The van der Waals surface area contributed by atoms with Gasteiger partial charge in [0.05, 0.1) is 79.3 Å². The Hall–Kier alpha value is -0.280. The molecule has 0 rings (SSSR count). The van der Waals surface area contributed by atoms with Crippen molar-refractivity contribution in [2.45, 2.75) is 39.0 Å². The van der Waals surface area contributed by atoms with E-state index in [1.807, 2.05) is 0 Å². The van der Waals surface area contributed by atoms with Crippen LogP contribution in [0.15, 0.2) is 0 Å². The lowest BCUT2D eigenvalue weighted by Crippen LogP contribution is -2.14. The molecule has 26 heavy (non-hydrogen) atoms. The summed E-state index contributed by atoms with van der Waals surface area (Å²) >= 11 is 0. The Morgan fingerprint density at radius 3 is 1.15 bits per heavy atom. The summed E-state index contributed by atoms with van der Waals surface area (Å²) in [7, 11) is 0. The molecule has 7 nitrogen and oxygen atoms in total. The third-order valence-corrected chi connectivity index (χ3v) is 3.49. The maximum atomic E-state index is 8.52. The zero-order valence-corrected chi connectivity index (χ0v) is 16.6. The van der Waals surface area contributed by atoms with E-state index < -0.39 is 0 Å². The topological polar surface area (TPSA) is 75.6 Å². The number of hydrogen-bond donors (Lipinski definition) is 1. The smallest absolute Gasteiger partial charge is 0.0701 e. The van der Waals surface area contributed by atoms with Crippen LogP contribution >= 0.6 is 0 Å². The third-order valence-electron chi connectivity index (χ3n) is 3.49. The second-order valence-corrected chi connectivity index (χ2v) is 5.81. The van der Waals surface area contributed by atoms with E-state index >= 15 is 0 Å². The summed E-state index contributed by atoms with van der Waals surface area (Å²) in [5.41, 5.74) is 0. The van der Waals surface area contributed by atoms with Crippen LogP contribution in [-0.4, -0.2) is 91.0 Å². The molecule has 7 heteroatoms. The van der Waals surface area contributed by atoms with Crippen molar-refractivity contribution in [3.63, 3.8) is 0 Å². The lowest BCUT2D eigenvalue weighted by atomic mass is 10.2. The van der Waals surface area contributed by atoms with Gasteiger partial charge >= 0.3 is 0 Å². The van der Waals surface area contributed by atoms with Gasteiger partial charge in [-0.05, 0) is 6.42 Å². The Balaban J connectivity index is 2.95. The van der Waals surface area contributed by atoms with Crippen LogP contribution in [0.25, 0.3) is 0 Å². The summed E-state index contributed by atoms with van der Waals surface area (Å²) in [6.45, 7) is 9.05. The lowest BCUT2D eigenvalue weighted by Gasteiger charge is -2.08. The summed E-state index contributed by atoms with van der Waals surface area (Å²) < 4.78 is 32.1. The number of hydrogen-bond acceptors (Lipinski definition) is 7. The minimum Gasteiger partial charge on any atom is -0.394 e. The van der Waals surface area contributed by atoms with Crippen molar-refractivity contribution < 1.29 is 33.5 Å². The highest BCUT2D eigenvalue weighted by molar-refractivity contribution is 4.42. The van der Waals surface area contributed by atoms with Crippen LogP contribution in [0.4, 0.5) is 0 Å². The molecular formula is C19H40O7. The zero-order valence-electron chi connectivity index (χ0n) is 16.6. The van der Waals surface area contributed by atoms with E-state index in [9.17, 15) is 0 Å². The zero-order chi connectivity index (χ0) is 19.0. The van der Waals surface area contributed by atoms with Crippen molar-refractivity contribution in [2.75, 3.05) is 85.9 Å². The van der Waals surface area contributed by atoms with Crippen molar-refractivity contribution in [1.82, 2.24) is 0 Å². The van der Waals surface area contributed by atoms with Gasteiger partial charge in [-0.15, -0.1) is 0 Å². The molecule has 0 spiro atoms. The van der Waals surface area contributed by atoms with Crippen LogP contribution in [0, 0.1) is 0 Å². The predicted octanol–water partition coefficient (Wildman–Crippen LogP) is 2.05. The minimum atomic E-state index is 0.0428. The van der Waals surface area contributed by atoms with Crippen molar-refractivity contribution in [3.05, 3.63) is 0 Å². The van der Waals surface area contributed by atoms with Crippen LogP contribution in [0.1, 0.15) is 39.0 Å². The first-order valence-electron chi connectivity index (χ1n) is 9.99. The first kappa shape index (κ1) is 25.7. The second-order valence-electron chi connectivity index (χ2n) is 5.81. The number of unbranched alkanes of at least 4 members (excludes halogenated alkanes) is 4. The molecule has 0 saturated heterocycles. The molecule has 0 heterocycles. The normalized spacial score (nSPS) is 11.3. The number of aliphatic hydroxyl groups is 1. The van der Waals surface area contributed by atoms with Crippen molar-refractivity contribution in [1.29, 1.82) is 0 Å². The first-order chi connectivity index (χ1) is 12.9. The average Bonchev–Trinajstić information content (AvgIpc) is 2.66. The van der Waals surface area contributed by atoms with Gasteiger partial charge in [0, 0.05) is 6.61 Å². The molecule has 0 radical (unpaired) electrons. The van der Waals surface area contributed by atoms with Crippen molar-refractivity contribution >= 4 is 0 Å². The summed E-state index contributed by atoms with van der Waals surface area (Å²) in [6.07, 6.45) is 6.32. The fourth-order valence-corrected chi connectivity index (χ4v) is 2.07. The molecule has 0 atom stereocenters. The Morgan fingerprint density at radius 2 is 0.769 bits per heavy atom. The Morgan fingerprint density at radius 1 is 0.423 bits per heavy atom. The molecule has 1 N–H and O–H groups in total. The number of ether oxygens (including phenoxy) is 6. The summed E-state index contributed by atoms with van der Waals surface area (Å²) in [6, 6.07) is 0. The largest absolute Gasteiger partial charge is 0.394 e.